The van der Waals surface area contributed by atoms with Crippen molar-refractivity contribution in [3.8, 4) is 0 Å². The zero-order valence-electron chi connectivity index (χ0n) is 9.95. The Labute approximate surface area is 108 Å². The molecule has 0 aliphatic carbocycles. The molecule has 1 amide bonds. The predicted molar refractivity (Wildman–Crippen MR) is 72.1 cm³/mol. The van der Waals surface area contributed by atoms with Gasteiger partial charge < -0.3 is 10.3 Å². The van der Waals surface area contributed by atoms with E-state index in [1.165, 1.54) is 17.7 Å². The Morgan fingerprint density at radius 3 is 3.11 bits per heavy atom. The van der Waals surface area contributed by atoms with Gasteiger partial charge in [0.25, 0.3) is 11.5 Å². The molecule has 2 N–H and O–H groups in total. The lowest BCUT2D eigenvalue weighted by molar-refractivity contribution is 0.0958. The van der Waals surface area contributed by atoms with Gasteiger partial charge in [-0.15, -0.1) is 17.9 Å². The molecule has 0 fully saturated rings. The standard InChI is InChI=1S/C12H13N3O2S/c1-3-4-5-13-11(17)9-7(2)8-10(16)14-6-15-12(8)18-9/h3,6H,1,4-5H2,2H3,(H,13,17)(H,14,15,16). The Bertz CT molecular complexity index is 657. The fourth-order valence-corrected chi connectivity index (χ4v) is 2.73. The van der Waals surface area contributed by atoms with Crippen molar-refractivity contribution < 1.29 is 4.79 Å². The third-order valence-corrected chi connectivity index (χ3v) is 3.77. The van der Waals surface area contributed by atoms with Crippen LogP contribution in [0.15, 0.2) is 23.8 Å². The van der Waals surface area contributed by atoms with E-state index in [1.807, 2.05) is 0 Å². The second kappa shape index (κ2) is 5.14. The van der Waals surface area contributed by atoms with Gasteiger partial charge in [0.15, 0.2) is 0 Å². The fraction of sp³-hybridized carbons (Fsp3) is 0.250. The van der Waals surface area contributed by atoms with E-state index in [1.54, 1.807) is 13.0 Å². The molecule has 0 aromatic carbocycles. The van der Waals surface area contributed by atoms with Crippen LogP contribution < -0.4 is 10.9 Å². The van der Waals surface area contributed by atoms with E-state index in [9.17, 15) is 9.59 Å². The van der Waals surface area contributed by atoms with E-state index < -0.39 is 0 Å². The molecule has 18 heavy (non-hydrogen) atoms. The Kier molecular flexibility index (Phi) is 3.57. The van der Waals surface area contributed by atoms with Gasteiger partial charge >= 0.3 is 0 Å². The van der Waals surface area contributed by atoms with Crippen molar-refractivity contribution in [2.45, 2.75) is 13.3 Å². The molecule has 5 nitrogen and oxygen atoms in total. The SMILES string of the molecule is C=CCCNC(=O)c1sc2nc[nH]c(=O)c2c1C. The molecule has 0 aliphatic rings. The van der Waals surface area contributed by atoms with E-state index in [4.69, 9.17) is 0 Å². The summed E-state index contributed by atoms with van der Waals surface area (Å²) < 4.78 is 0. The number of nitrogens with zero attached hydrogens (tertiary/aromatic N) is 1. The summed E-state index contributed by atoms with van der Waals surface area (Å²) >= 11 is 1.24. The quantitative estimate of drug-likeness (QED) is 0.650. The third kappa shape index (κ3) is 2.19. The zero-order chi connectivity index (χ0) is 13.1. The normalized spacial score (nSPS) is 10.5. The number of thiophene rings is 1. The molecule has 6 heteroatoms. The number of H-pyrrole nitrogens is 1. The minimum Gasteiger partial charge on any atom is -0.351 e. The second-order valence-electron chi connectivity index (χ2n) is 3.80. The average Bonchev–Trinajstić information content (AvgIpc) is 2.68. The summed E-state index contributed by atoms with van der Waals surface area (Å²) in [5.41, 5.74) is 0.472. The van der Waals surface area contributed by atoms with Crippen LogP contribution in [0.4, 0.5) is 0 Å². The summed E-state index contributed by atoms with van der Waals surface area (Å²) in [6.07, 6.45) is 3.80. The number of hydrogen-bond donors (Lipinski definition) is 2. The monoisotopic (exact) mass is 263 g/mol. The van der Waals surface area contributed by atoms with Gasteiger partial charge in [-0.1, -0.05) is 6.08 Å². The van der Waals surface area contributed by atoms with E-state index >= 15 is 0 Å². The van der Waals surface area contributed by atoms with Gasteiger partial charge in [0.1, 0.15) is 4.83 Å². The molecule has 0 atom stereocenters. The van der Waals surface area contributed by atoms with E-state index in [0.717, 1.165) is 0 Å². The Morgan fingerprint density at radius 1 is 1.67 bits per heavy atom. The molecule has 2 aromatic rings. The molecule has 94 valence electrons. The van der Waals surface area contributed by atoms with Crippen molar-refractivity contribution in [3.63, 3.8) is 0 Å². The van der Waals surface area contributed by atoms with Crippen LogP contribution in [0.5, 0.6) is 0 Å². The smallest absolute Gasteiger partial charge is 0.261 e. The third-order valence-electron chi connectivity index (χ3n) is 2.57. The Balaban J connectivity index is 2.37. The number of hydrogen-bond acceptors (Lipinski definition) is 4. The molecule has 0 aliphatic heterocycles. The first-order valence-electron chi connectivity index (χ1n) is 5.51. The van der Waals surface area contributed by atoms with Gasteiger partial charge in [-0.2, -0.15) is 0 Å². The van der Waals surface area contributed by atoms with Gasteiger partial charge in [-0.25, -0.2) is 4.98 Å². The van der Waals surface area contributed by atoms with Gasteiger partial charge in [0.05, 0.1) is 16.6 Å². The molecular formula is C12H13N3O2S. The molecule has 0 saturated heterocycles. The van der Waals surface area contributed by atoms with Gasteiger partial charge in [0, 0.05) is 6.54 Å². The number of aryl methyl sites for hydroxylation is 1. The number of carbonyl (C=O) groups excluding carboxylic acids is 1. The molecule has 0 spiro atoms. The topological polar surface area (TPSA) is 74.8 Å². The molecular weight excluding hydrogens is 250 g/mol. The number of fused-ring (bicyclic) bond motifs is 1. The van der Waals surface area contributed by atoms with Crippen molar-refractivity contribution in [1.82, 2.24) is 15.3 Å². The summed E-state index contributed by atoms with van der Waals surface area (Å²) in [6, 6.07) is 0. The van der Waals surface area contributed by atoms with Gasteiger partial charge in [0.2, 0.25) is 0 Å². The minimum absolute atomic E-state index is 0.170. The van der Waals surface area contributed by atoms with Crippen LogP contribution in [0.2, 0.25) is 0 Å². The summed E-state index contributed by atoms with van der Waals surface area (Å²) in [5, 5.41) is 3.28. The fourth-order valence-electron chi connectivity index (χ4n) is 1.66. The van der Waals surface area contributed by atoms with E-state index in [-0.39, 0.29) is 11.5 Å². The molecule has 0 bridgehead atoms. The number of carbonyl (C=O) groups is 1. The highest BCUT2D eigenvalue weighted by atomic mass is 32.1. The summed E-state index contributed by atoms with van der Waals surface area (Å²) in [6.45, 7) is 5.89. The lowest BCUT2D eigenvalue weighted by atomic mass is 10.2. The first-order valence-corrected chi connectivity index (χ1v) is 6.32. The average molecular weight is 263 g/mol. The van der Waals surface area contributed by atoms with Crippen LogP contribution in [0, 0.1) is 6.92 Å². The number of amides is 1. The summed E-state index contributed by atoms with van der Waals surface area (Å²) in [4.78, 5) is 31.3. The highest BCUT2D eigenvalue weighted by Crippen LogP contribution is 2.26. The number of rotatable bonds is 4. The lowest BCUT2D eigenvalue weighted by Crippen LogP contribution is -2.23. The second-order valence-corrected chi connectivity index (χ2v) is 4.80. The van der Waals surface area contributed by atoms with E-state index in [0.29, 0.717) is 33.6 Å². The molecule has 2 heterocycles. The van der Waals surface area contributed by atoms with Gasteiger partial charge in [-0.3, -0.25) is 9.59 Å². The molecule has 2 aromatic heterocycles. The lowest BCUT2D eigenvalue weighted by Gasteiger charge is -2.01. The van der Waals surface area contributed by atoms with Gasteiger partial charge in [-0.05, 0) is 18.9 Å². The van der Waals surface area contributed by atoms with Crippen molar-refractivity contribution >= 4 is 27.5 Å². The first-order chi connectivity index (χ1) is 8.65. The maximum atomic E-state index is 11.9. The summed E-state index contributed by atoms with van der Waals surface area (Å²) in [5.74, 6) is -0.170. The summed E-state index contributed by atoms with van der Waals surface area (Å²) in [7, 11) is 0. The number of nitrogens with one attached hydrogen (secondary N) is 2. The molecule has 0 saturated carbocycles. The number of aromatic nitrogens is 2. The predicted octanol–water partition coefficient (Wildman–Crippen LogP) is 1.60. The van der Waals surface area contributed by atoms with Crippen LogP contribution in [0.1, 0.15) is 21.7 Å². The minimum atomic E-state index is -0.209. The van der Waals surface area contributed by atoms with Crippen LogP contribution in [-0.2, 0) is 0 Å². The van der Waals surface area contributed by atoms with Crippen LogP contribution >= 0.6 is 11.3 Å². The van der Waals surface area contributed by atoms with Crippen molar-refractivity contribution in [2.24, 2.45) is 0 Å². The maximum Gasteiger partial charge on any atom is 0.261 e. The van der Waals surface area contributed by atoms with E-state index in [2.05, 4.69) is 21.9 Å². The van der Waals surface area contributed by atoms with Crippen LogP contribution in [0.3, 0.4) is 0 Å². The van der Waals surface area contributed by atoms with Crippen molar-refractivity contribution in [3.05, 3.63) is 39.8 Å². The largest absolute Gasteiger partial charge is 0.351 e. The maximum absolute atomic E-state index is 11.9. The van der Waals surface area contributed by atoms with Crippen LogP contribution in [-0.4, -0.2) is 22.4 Å². The molecule has 2 rings (SSSR count). The Hall–Kier alpha value is -1.95. The molecule has 0 unspecified atom stereocenters. The Morgan fingerprint density at radius 2 is 2.44 bits per heavy atom. The first kappa shape index (κ1) is 12.5. The van der Waals surface area contributed by atoms with Crippen molar-refractivity contribution in [2.75, 3.05) is 6.54 Å². The highest BCUT2D eigenvalue weighted by molar-refractivity contribution is 7.20. The van der Waals surface area contributed by atoms with Crippen molar-refractivity contribution in [1.29, 1.82) is 0 Å². The molecule has 0 radical (unpaired) electrons. The number of aromatic amines is 1. The zero-order valence-corrected chi connectivity index (χ0v) is 10.8. The highest BCUT2D eigenvalue weighted by Gasteiger charge is 2.17. The van der Waals surface area contributed by atoms with Crippen LogP contribution in [0.25, 0.3) is 10.2 Å².